The van der Waals surface area contributed by atoms with Gasteiger partial charge in [0.15, 0.2) is 5.76 Å². The highest BCUT2D eigenvalue weighted by molar-refractivity contribution is 6.22. The van der Waals surface area contributed by atoms with Crippen molar-refractivity contribution < 1.29 is 15.0 Å². The number of hydrogen-bond acceptors (Lipinski definition) is 3. The number of aliphatic hydroxyl groups is 2. The molecule has 0 aromatic rings. The van der Waals surface area contributed by atoms with Crippen LogP contribution < -0.4 is 0 Å². The number of fused-ring (bicyclic) bond motifs is 2. The predicted molar refractivity (Wildman–Crippen MR) is 156 cm³/mol. The molecule has 38 heavy (non-hydrogen) atoms. The summed E-state index contributed by atoms with van der Waals surface area (Å²) in [5.41, 5.74) is 12.2. The standard InChI is InChI=1S/C35H38O3/c1-17(2)23-9-19(5)11-27-25(15-23)21(7)13-29(27)31-33(36)32(35(38)34(31)37)30-14-22(8)26-16-24(18(3)4)10-20(6)12-28(26)30/h9-11,13-18,28,36H,12H2,1-8H3,(H,37,38). The lowest BCUT2D eigenvalue weighted by Crippen LogP contribution is -2.12. The van der Waals surface area contributed by atoms with Gasteiger partial charge in [-0.25, -0.2) is 0 Å². The first-order valence-corrected chi connectivity index (χ1v) is 13.7. The van der Waals surface area contributed by atoms with E-state index in [1.807, 2.05) is 19.1 Å². The summed E-state index contributed by atoms with van der Waals surface area (Å²) in [5, 5.41) is 22.9. The highest BCUT2D eigenvalue weighted by atomic mass is 16.3. The molecule has 0 saturated carbocycles. The van der Waals surface area contributed by atoms with Crippen LogP contribution in [0.25, 0.3) is 16.7 Å². The Labute approximate surface area is 226 Å². The van der Waals surface area contributed by atoms with Crippen LogP contribution in [0.5, 0.6) is 0 Å². The van der Waals surface area contributed by atoms with Crippen LogP contribution in [0.15, 0.2) is 87.5 Å². The second kappa shape index (κ2) is 9.31. The summed E-state index contributed by atoms with van der Waals surface area (Å²) >= 11 is 0. The average molecular weight is 507 g/mol. The van der Waals surface area contributed by atoms with Crippen LogP contribution in [0.2, 0.25) is 0 Å². The minimum absolute atomic E-state index is 0.0254. The van der Waals surface area contributed by atoms with E-state index < -0.39 is 5.78 Å². The maximum Gasteiger partial charge on any atom is 0.232 e. The second-order valence-electron chi connectivity index (χ2n) is 12.0. The van der Waals surface area contributed by atoms with E-state index in [0.29, 0.717) is 17.4 Å². The minimum Gasteiger partial charge on any atom is -0.506 e. The molecule has 0 amide bonds. The average Bonchev–Trinajstić information content (AvgIpc) is 3.22. The summed E-state index contributed by atoms with van der Waals surface area (Å²) in [6, 6.07) is 8.46. The van der Waals surface area contributed by atoms with Crippen LogP contribution in [-0.4, -0.2) is 16.0 Å². The van der Waals surface area contributed by atoms with Gasteiger partial charge in [-0.1, -0.05) is 75.3 Å². The Balaban J connectivity index is 1.63. The van der Waals surface area contributed by atoms with Crippen molar-refractivity contribution in [2.45, 2.75) is 67.7 Å². The molecule has 2 N–H and O–H groups in total. The molecule has 0 aromatic carbocycles. The summed E-state index contributed by atoms with van der Waals surface area (Å²) in [6.45, 7) is 17.0. The highest BCUT2D eigenvalue weighted by Crippen LogP contribution is 2.49. The first-order valence-electron chi connectivity index (χ1n) is 13.7. The molecule has 0 spiro atoms. The van der Waals surface area contributed by atoms with E-state index in [9.17, 15) is 15.0 Å². The molecule has 0 saturated heterocycles. The van der Waals surface area contributed by atoms with Crippen LogP contribution in [-0.2, 0) is 4.79 Å². The Morgan fingerprint density at radius 1 is 0.763 bits per heavy atom. The van der Waals surface area contributed by atoms with E-state index in [-0.39, 0.29) is 28.6 Å². The third-order valence-corrected chi connectivity index (χ3v) is 8.33. The van der Waals surface area contributed by atoms with Gasteiger partial charge in [-0.05, 0) is 102 Å². The van der Waals surface area contributed by atoms with Crippen LogP contribution in [0, 0.1) is 25.7 Å². The largest absolute Gasteiger partial charge is 0.506 e. The van der Waals surface area contributed by atoms with Gasteiger partial charge in [0.25, 0.3) is 0 Å². The van der Waals surface area contributed by atoms with Crippen molar-refractivity contribution in [2.24, 2.45) is 11.8 Å². The van der Waals surface area contributed by atoms with E-state index in [1.165, 1.54) is 22.3 Å². The van der Waals surface area contributed by atoms with Gasteiger partial charge in [-0.2, -0.15) is 0 Å². The first kappa shape index (κ1) is 26.0. The molecule has 3 heteroatoms. The maximum absolute atomic E-state index is 13.6. The van der Waals surface area contributed by atoms with Gasteiger partial charge in [-0.15, -0.1) is 0 Å². The molecule has 0 aromatic heterocycles. The van der Waals surface area contributed by atoms with E-state index in [2.05, 4.69) is 78.8 Å². The van der Waals surface area contributed by atoms with Gasteiger partial charge in [0.2, 0.25) is 5.78 Å². The van der Waals surface area contributed by atoms with Crippen LogP contribution in [0.3, 0.4) is 0 Å². The molecule has 5 aliphatic rings. The fraction of sp³-hybridized carbons (Fsp3) is 0.343. The topological polar surface area (TPSA) is 57.5 Å². The normalized spacial score (nSPS) is 20.1. The summed E-state index contributed by atoms with van der Waals surface area (Å²) in [6.07, 6.45) is 7.30. The minimum atomic E-state index is -0.497. The third kappa shape index (κ3) is 4.09. The molecule has 1 unspecified atom stereocenters. The second-order valence-corrected chi connectivity index (χ2v) is 12.0. The van der Waals surface area contributed by atoms with Crippen molar-refractivity contribution in [2.75, 3.05) is 0 Å². The number of carbonyl (C=O) groups excluding carboxylic acids is 1. The third-order valence-electron chi connectivity index (χ3n) is 8.33. The lowest BCUT2D eigenvalue weighted by Gasteiger charge is -2.18. The van der Waals surface area contributed by atoms with Gasteiger partial charge in [0, 0.05) is 5.92 Å². The summed E-state index contributed by atoms with van der Waals surface area (Å²) in [7, 11) is 0. The number of carbonyl (C=O) groups is 1. The van der Waals surface area contributed by atoms with Crippen molar-refractivity contribution in [3.05, 3.63) is 110 Å². The lowest BCUT2D eigenvalue weighted by atomic mass is 9.85. The summed E-state index contributed by atoms with van der Waals surface area (Å²) in [4.78, 5) is 13.6. The molecule has 1 atom stereocenters. The monoisotopic (exact) mass is 506 g/mol. The Bertz CT molecular complexity index is 1550. The van der Waals surface area contributed by atoms with E-state index >= 15 is 0 Å². The Hall–Kier alpha value is -3.59. The zero-order valence-corrected chi connectivity index (χ0v) is 23.8. The molecule has 5 aliphatic carbocycles. The van der Waals surface area contributed by atoms with Crippen LogP contribution in [0.4, 0.5) is 0 Å². The smallest absolute Gasteiger partial charge is 0.232 e. The molecular formula is C35H38O3. The number of hydrogen-bond donors (Lipinski definition) is 2. The fourth-order valence-corrected chi connectivity index (χ4v) is 6.22. The maximum atomic E-state index is 13.6. The molecule has 0 aliphatic heterocycles. The van der Waals surface area contributed by atoms with Gasteiger partial charge in [0.1, 0.15) is 5.76 Å². The first-order chi connectivity index (χ1) is 17.9. The van der Waals surface area contributed by atoms with Crippen molar-refractivity contribution in [1.29, 1.82) is 0 Å². The number of aryl methyl sites for hydroxylation is 2. The molecule has 5 rings (SSSR count). The van der Waals surface area contributed by atoms with E-state index in [1.54, 1.807) is 0 Å². The van der Waals surface area contributed by atoms with Gasteiger partial charge in [-0.3, -0.25) is 4.79 Å². The van der Waals surface area contributed by atoms with E-state index in [0.717, 1.165) is 39.8 Å². The molecule has 0 radical (unpaired) electrons. The van der Waals surface area contributed by atoms with Crippen molar-refractivity contribution in [3.63, 3.8) is 0 Å². The van der Waals surface area contributed by atoms with Crippen molar-refractivity contribution in [1.82, 2.24) is 0 Å². The zero-order chi connectivity index (χ0) is 27.6. The Morgan fingerprint density at radius 2 is 1.47 bits per heavy atom. The Morgan fingerprint density at radius 3 is 2.13 bits per heavy atom. The zero-order valence-electron chi connectivity index (χ0n) is 23.8. The molecule has 0 heterocycles. The van der Waals surface area contributed by atoms with Crippen molar-refractivity contribution in [3.8, 4) is 11.1 Å². The molecule has 196 valence electrons. The van der Waals surface area contributed by atoms with E-state index in [4.69, 9.17) is 0 Å². The molecule has 0 fully saturated rings. The van der Waals surface area contributed by atoms with Gasteiger partial charge in [0.05, 0.1) is 11.1 Å². The fourth-order valence-electron chi connectivity index (χ4n) is 6.22. The number of rotatable bonds is 4. The number of Topliss-reactive ketones (excluding diaryl/α,β-unsaturated/α-hetero) is 1. The highest BCUT2D eigenvalue weighted by Gasteiger charge is 2.41. The molecular weight excluding hydrogens is 468 g/mol. The van der Waals surface area contributed by atoms with Crippen LogP contribution in [0.1, 0.15) is 76.1 Å². The summed E-state index contributed by atoms with van der Waals surface area (Å²) < 4.78 is 0. The predicted octanol–water partition coefficient (Wildman–Crippen LogP) is 9.00. The number of aliphatic hydroxyl groups excluding tert-OH is 2. The Kier molecular flexibility index (Phi) is 6.38. The lowest BCUT2D eigenvalue weighted by molar-refractivity contribution is -0.114. The quantitative estimate of drug-likeness (QED) is 0.435. The number of ketones is 1. The number of allylic oxidation sites excluding steroid dienone is 10. The van der Waals surface area contributed by atoms with Crippen molar-refractivity contribution >= 4 is 11.4 Å². The summed E-state index contributed by atoms with van der Waals surface area (Å²) in [5.74, 6) is -0.257. The molecule has 3 nitrogen and oxygen atoms in total. The van der Waals surface area contributed by atoms with Gasteiger partial charge >= 0.3 is 0 Å². The van der Waals surface area contributed by atoms with Crippen LogP contribution >= 0.6 is 0 Å². The van der Waals surface area contributed by atoms with Gasteiger partial charge < -0.3 is 10.2 Å². The SMILES string of the molecule is CC1=CC(C(C)C)=CC2=C(C)C=C(C3=C(O)C(c4cc(C)c5cc(C(C)C)cc(C)cc4-5)=C(O)C3=O)C2C1. The molecule has 0 bridgehead atoms.